The van der Waals surface area contributed by atoms with Crippen LogP contribution in [0.1, 0.15) is 19.3 Å². The van der Waals surface area contributed by atoms with Crippen LogP contribution in [0.4, 0.5) is 0 Å². The predicted octanol–water partition coefficient (Wildman–Crippen LogP) is -5.30. The molecule has 0 aliphatic rings. The van der Waals surface area contributed by atoms with Crippen molar-refractivity contribution in [3.05, 3.63) is 0 Å². The molecular formula is C16H30N8O7S. The molecule has 0 aromatic carbocycles. The zero-order chi connectivity index (χ0) is 24.8. The van der Waals surface area contributed by atoms with Gasteiger partial charge >= 0.3 is 5.97 Å². The maximum atomic E-state index is 12.5. The average Bonchev–Trinajstić information content (AvgIpc) is 2.71. The minimum atomic E-state index is -1.57. The summed E-state index contributed by atoms with van der Waals surface area (Å²) in [5, 5.41) is 24.8. The van der Waals surface area contributed by atoms with Gasteiger partial charge in [0.1, 0.15) is 18.1 Å². The number of amides is 4. The molecule has 0 aromatic rings. The van der Waals surface area contributed by atoms with Crippen molar-refractivity contribution in [3.8, 4) is 0 Å². The number of thiol groups is 1. The third-order valence-corrected chi connectivity index (χ3v) is 4.32. The Balaban J connectivity index is 5.09. The number of primary amides is 1. The van der Waals surface area contributed by atoms with Gasteiger partial charge in [0, 0.05) is 12.3 Å². The molecule has 0 radical (unpaired) electrons. The Hall–Kier alpha value is -3.11. The number of aliphatic hydroxyl groups excluding tert-OH is 1. The maximum Gasteiger partial charge on any atom is 0.327 e. The molecule has 15 nitrogen and oxygen atoms in total. The Labute approximate surface area is 189 Å². The number of nitrogens with two attached hydrogens (primary N) is 4. The minimum absolute atomic E-state index is 0.118. The van der Waals surface area contributed by atoms with E-state index in [1.54, 1.807) is 0 Å². The van der Waals surface area contributed by atoms with Crippen LogP contribution in [-0.2, 0) is 24.0 Å². The Bertz CT molecular complexity index is 717. The van der Waals surface area contributed by atoms with Crippen molar-refractivity contribution in [1.29, 1.82) is 0 Å². The van der Waals surface area contributed by atoms with E-state index in [4.69, 9.17) is 28.0 Å². The molecule has 32 heavy (non-hydrogen) atoms. The average molecular weight is 479 g/mol. The summed E-state index contributed by atoms with van der Waals surface area (Å²) in [4.78, 5) is 62.9. The molecule has 182 valence electrons. The molecule has 0 rings (SSSR count). The zero-order valence-electron chi connectivity index (χ0n) is 17.2. The summed E-state index contributed by atoms with van der Waals surface area (Å²) in [7, 11) is 0. The van der Waals surface area contributed by atoms with Crippen LogP contribution in [0, 0.1) is 0 Å². The van der Waals surface area contributed by atoms with E-state index in [1.807, 2.05) is 0 Å². The quantitative estimate of drug-likeness (QED) is 0.0461. The fourth-order valence-electron chi connectivity index (χ4n) is 2.26. The van der Waals surface area contributed by atoms with Gasteiger partial charge in [0.25, 0.3) is 0 Å². The topological polar surface area (TPSA) is 278 Å². The molecular weight excluding hydrogens is 448 g/mol. The largest absolute Gasteiger partial charge is 0.480 e. The van der Waals surface area contributed by atoms with E-state index >= 15 is 0 Å². The fraction of sp³-hybridized carbons (Fsp3) is 0.625. The molecule has 0 saturated heterocycles. The summed E-state index contributed by atoms with van der Waals surface area (Å²) >= 11 is 3.79. The van der Waals surface area contributed by atoms with Gasteiger partial charge < -0.3 is 49.1 Å². The highest BCUT2D eigenvalue weighted by atomic mass is 32.1. The molecule has 0 aliphatic carbocycles. The lowest BCUT2D eigenvalue weighted by atomic mass is 10.1. The van der Waals surface area contributed by atoms with Crippen LogP contribution in [0.2, 0.25) is 0 Å². The van der Waals surface area contributed by atoms with Gasteiger partial charge in [0.15, 0.2) is 5.96 Å². The standard InChI is InChI=1S/C16H30N8O7S/c17-7(2-1-3-21-16(19)20)12(27)22-8(4-11(18)26)13(28)23-9(5-25)14(29)24-10(6-32)15(30)31/h7-10,25,32H,1-6,17H2,(H2,18,26)(H,22,27)(H,23,28)(H,24,29)(H,30,31)(H4,19,20,21). The van der Waals surface area contributed by atoms with Crippen molar-refractivity contribution in [2.24, 2.45) is 27.9 Å². The maximum absolute atomic E-state index is 12.5. The molecule has 4 amide bonds. The van der Waals surface area contributed by atoms with Gasteiger partial charge in [-0.15, -0.1) is 0 Å². The molecule has 0 aromatic heterocycles. The second kappa shape index (κ2) is 14.8. The Morgan fingerprint density at radius 1 is 0.906 bits per heavy atom. The number of hydrogen-bond donors (Lipinski definition) is 10. The highest BCUT2D eigenvalue weighted by Gasteiger charge is 2.30. The van der Waals surface area contributed by atoms with Gasteiger partial charge in [-0.25, -0.2) is 4.79 Å². The summed E-state index contributed by atoms with van der Waals surface area (Å²) < 4.78 is 0. The molecule has 4 atom stereocenters. The van der Waals surface area contributed by atoms with Gasteiger partial charge in [-0.2, -0.15) is 12.6 Å². The third-order valence-electron chi connectivity index (χ3n) is 3.96. The number of carboxylic acids is 1. The normalized spacial score (nSPS) is 14.2. The molecule has 16 heteroatoms. The van der Waals surface area contributed by atoms with Crippen molar-refractivity contribution < 1.29 is 34.2 Å². The fourth-order valence-corrected chi connectivity index (χ4v) is 2.51. The summed E-state index contributed by atoms with van der Waals surface area (Å²) in [6.07, 6.45) is -0.0935. The van der Waals surface area contributed by atoms with Crippen LogP contribution in [0.15, 0.2) is 4.99 Å². The van der Waals surface area contributed by atoms with Crippen molar-refractivity contribution in [3.63, 3.8) is 0 Å². The minimum Gasteiger partial charge on any atom is -0.480 e. The number of carboxylic acid groups (broad SMARTS) is 1. The van der Waals surface area contributed by atoms with Crippen molar-refractivity contribution >= 4 is 48.2 Å². The molecule has 4 unspecified atom stereocenters. The van der Waals surface area contributed by atoms with Crippen LogP contribution in [0.3, 0.4) is 0 Å². The van der Waals surface area contributed by atoms with Gasteiger partial charge in [-0.05, 0) is 12.8 Å². The summed E-state index contributed by atoms with van der Waals surface area (Å²) in [5.74, 6) is -5.47. The highest BCUT2D eigenvalue weighted by molar-refractivity contribution is 7.80. The van der Waals surface area contributed by atoms with Crippen LogP contribution in [0.25, 0.3) is 0 Å². The summed E-state index contributed by atoms with van der Waals surface area (Å²) in [5.41, 5.74) is 21.2. The molecule has 13 N–H and O–H groups in total. The predicted molar refractivity (Wildman–Crippen MR) is 116 cm³/mol. The smallest absolute Gasteiger partial charge is 0.327 e. The number of aliphatic hydroxyl groups is 1. The third kappa shape index (κ3) is 11.3. The number of aliphatic carboxylic acids is 1. The molecule has 0 saturated carbocycles. The van der Waals surface area contributed by atoms with E-state index < -0.39 is 66.8 Å². The molecule has 0 bridgehead atoms. The lowest BCUT2D eigenvalue weighted by molar-refractivity contribution is -0.142. The van der Waals surface area contributed by atoms with E-state index in [0.717, 1.165) is 0 Å². The molecule has 0 heterocycles. The number of guanidine groups is 1. The van der Waals surface area contributed by atoms with Gasteiger partial charge in [-0.1, -0.05) is 0 Å². The monoisotopic (exact) mass is 478 g/mol. The summed E-state index contributed by atoms with van der Waals surface area (Å²) in [6, 6.07) is -5.48. The second-order valence-electron chi connectivity index (χ2n) is 6.61. The number of aliphatic imine (C=N–C) groups is 1. The number of carbonyl (C=O) groups is 5. The Morgan fingerprint density at radius 2 is 1.44 bits per heavy atom. The number of rotatable bonds is 15. The first-order chi connectivity index (χ1) is 14.9. The zero-order valence-corrected chi connectivity index (χ0v) is 18.1. The van der Waals surface area contributed by atoms with Crippen LogP contribution < -0.4 is 38.9 Å². The Kier molecular flexibility index (Phi) is 13.4. The van der Waals surface area contributed by atoms with Crippen LogP contribution >= 0.6 is 12.6 Å². The van der Waals surface area contributed by atoms with Crippen LogP contribution in [0.5, 0.6) is 0 Å². The van der Waals surface area contributed by atoms with E-state index in [1.165, 1.54) is 0 Å². The number of hydrogen-bond acceptors (Lipinski definition) is 9. The summed E-state index contributed by atoms with van der Waals surface area (Å²) in [6.45, 7) is -0.663. The van der Waals surface area contributed by atoms with Crippen molar-refractivity contribution in [2.75, 3.05) is 18.9 Å². The highest BCUT2D eigenvalue weighted by Crippen LogP contribution is 2.00. The van der Waals surface area contributed by atoms with E-state index in [0.29, 0.717) is 6.42 Å². The number of nitrogens with zero attached hydrogens (tertiary/aromatic N) is 1. The lowest BCUT2D eigenvalue weighted by Gasteiger charge is -2.23. The second-order valence-corrected chi connectivity index (χ2v) is 6.98. The van der Waals surface area contributed by atoms with E-state index in [9.17, 15) is 29.1 Å². The van der Waals surface area contributed by atoms with Crippen molar-refractivity contribution in [1.82, 2.24) is 16.0 Å². The lowest BCUT2D eigenvalue weighted by Crippen LogP contribution is -2.58. The van der Waals surface area contributed by atoms with Gasteiger partial charge in [-0.3, -0.25) is 24.2 Å². The van der Waals surface area contributed by atoms with Crippen LogP contribution in [-0.4, -0.2) is 88.8 Å². The first-order valence-corrected chi connectivity index (χ1v) is 10.0. The molecule has 0 aliphatic heterocycles. The number of carbonyl (C=O) groups excluding carboxylic acids is 4. The first-order valence-electron chi connectivity index (χ1n) is 9.37. The van der Waals surface area contributed by atoms with E-state index in [-0.39, 0.29) is 24.7 Å². The molecule has 0 spiro atoms. The van der Waals surface area contributed by atoms with Gasteiger partial charge in [0.2, 0.25) is 23.6 Å². The number of nitrogens with one attached hydrogen (secondary N) is 3. The van der Waals surface area contributed by atoms with Gasteiger partial charge in [0.05, 0.1) is 19.1 Å². The first kappa shape index (κ1) is 28.9. The molecule has 0 fully saturated rings. The van der Waals surface area contributed by atoms with E-state index in [2.05, 4.69) is 33.6 Å². The Morgan fingerprint density at radius 3 is 1.91 bits per heavy atom. The SMILES string of the molecule is NC(=O)CC(NC(=O)C(N)CCCN=C(N)N)C(=O)NC(CO)C(=O)NC(CS)C(=O)O. The van der Waals surface area contributed by atoms with Crippen molar-refractivity contribution in [2.45, 2.75) is 43.4 Å².